The lowest BCUT2D eigenvalue weighted by Gasteiger charge is -2.25. The number of nitrogens with two attached hydrogens (primary N) is 1. The van der Waals surface area contributed by atoms with Crippen molar-refractivity contribution in [3.05, 3.63) is 83.9 Å². The molecule has 15 heteroatoms. The largest absolute Gasteiger partial charge is 0.490 e. The first-order valence-corrected chi connectivity index (χ1v) is 14.6. The van der Waals surface area contributed by atoms with Gasteiger partial charge in [0.15, 0.2) is 11.5 Å². The second kappa shape index (κ2) is 13.7. The third-order valence-corrected chi connectivity index (χ3v) is 7.85. The zero-order valence-corrected chi connectivity index (χ0v) is 24.7. The average molecular weight is 637 g/mol. The highest BCUT2D eigenvalue weighted by Crippen LogP contribution is 2.40. The highest BCUT2D eigenvalue weighted by molar-refractivity contribution is 7.89. The Morgan fingerprint density at radius 1 is 1.07 bits per heavy atom. The van der Waals surface area contributed by atoms with Gasteiger partial charge in [-0.05, 0) is 74.9 Å². The summed E-state index contributed by atoms with van der Waals surface area (Å²) in [5, 5.41) is 14.8. The van der Waals surface area contributed by atoms with Crippen molar-refractivity contribution in [2.45, 2.75) is 44.0 Å². The van der Waals surface area contributed by atoms with Crippen molar-refractivity contribution in [3.8, 4) is 11.5 Å². The molecule has 1 saturated heterocycles. The summed E-state index contributed by atoms with van der Waals surface area (Å²) in [4.78, 5) is 24.4. The summed E-state index contributed by atoms with van der Waals surface area (Å²) in [6, 6.07) is 18.9. The highest BCUT2D eigenvalue weighted by atomic mass is 32.2. The summed E-state index contributed by atoms with van der Waals surface area (Å²) in [5.41, 5.74) is 7.29. The summed E-state index contributed by atoms with van der Waals surface area (Å²) < 4.78 is 71.2. The quantitative estimate of drug-likeness (QED) is 0.226. The molecule has 44 heavy (non-hydrogen) atoms. The molecule has 1 aliphatic heterocycles. The van der Waals surface area contributed by atoms with Crippen molar-refractivity contribution < 1.29 is 45.8 Å². The molecule has 1 heterocycles. The van der Waals surface area contributed by atoms with Crippen LogP contribution in [-0.4, -0.2) is 61.1 Å². The van der Waals surface area contributed by atoms with E-state index in [0.717, 1.165) is 4.31 Å². The van der Waals surface area contributed by atoms with Crippen LogP contribution in [0.15, 0.2) is 77.7 Å². The number of carbonyl (C=O) groups excluding carboxylic acids is 1. The zero-order chi connectivity index (χ0) is 32.8. The molecule has 0 spiro atoms. The Labute approximate surface area is 252 Å². The number of amidine groups is 1. The summed E-state index contributed by atoms with van der Waals surface area (Å²) in [6.45, 7) is 5.87. The van der Waals surface area contributed by atoms with Crippen LogP contribution in [0, 0.1) is 5.41 Å². The molecule has 11 nitrogen and oxygen atoms in total. The minimum absolute atomic E-state index is 0.0339. The number of aliphatic carboxylic acids is 1. The molecule has 0 aromatic heterocycles. The first kappa shape index (κ1) is 33.7. The van der Waals surface area contributed by atoms with Gasteiger partial charge in [-0.2, -0.15) is 13.2 Å². The van der Waals surface area contributed by atoms with Crippen LogP contribution in [0.1, 0.15) is 37.9 Å². The Hall–Kier alpha value is -4.79. The Morgan fingerprint density at radius 3 is 2.16 bits per heavy atom. The number of carboxylic acid groups (broad SMARTS) is 1. The summed E-state index contributed by atoms with van der Waals surface area (Å²) in [6.07, 6.45) is -5.17. The number of nitrogens with zero attached hydrogens (tertiary/aromatic N) is 2. The molecular formula is C29H31F3N4O7S. The highest BCUT2D eigenvalue weighted by Gasteiger charge is 2.46. The van der Waals surface area contributed by atoms with Gasteiger partial charge in [-0.15, -0.1) is 0 Å². The van der Waals surface area contributed by atoms with Gasteiger partial charge in [0.25, 0.3) is 15.9 Å². The number of amides is 1. The molecule has 1 aliphatic rings. The summed E-state index contributed by atoms with van der Waals surface area (Å²) in [5.74, 6) is -2.42. The molecule has 1 fully saturated rings. The Morgan fingerprint density at radius 2 is 1.66 bits per heavy atom. The van der Waals surface area contributed by atoms with E-state index < -0.39 is 34.1 Å². The van der Waals surface area contributed by atoms with E-state index in [-0.39, 0.29) is 23.5 Å². The smallest absolute Gasteiger partial charge is 0.490 e. The standard InChI is InChI=1S/C27H30N4O5S.C2HF3O2/c1-4-35-24-16-20(12-15-23(24)36-18(2)3)25-27(32)31(37(33,34)22-8-6-5-7-9-22)17-30(25)21-13-10-19(11-14-21)26(28)29;3-2(4,5)1(6)7/h5-16,18,25H,4,17H2,1-3H3,(H3,28,29);(H,6,7). The van der Waals surface area contributed by atoms with E-state index in [4.69, 9.17) is 30.5 Å². The number of benzene rings is 3. The molecule has 236 valence electrons. The van der Waals surface area contributed by atoms with E-state index in [0.29, 0.717) is 34.9 Å². The second-order valence-corrected chi connectivity index (χ2v) is 11.5. The average Bonchev–Trinajstić information content (AvgIpc) is 3.32. The van der Waals surface area contributed by atoms with Crippen molar-refractivity contribution in [1.29, 1.82) is 5.41 Å². The van der Waals surface area contributed by atoms with Crippen LogP contribution in [0.25, 0.3) is 0 Å². The minimum Gasteiger partial charge on any atom is -0.490 e. The number of halogens is 3. The van der Waals surface area contributed by atoms with Gasteiger partial charge in [-0.1, -0.05) is 24.3 Å². The predicted octanol–water partition coefficient (Wildman–Crippen LogP) is 4.53. The van der Waals surface area contributed by atoms with Gasteiger partial charge in [-0.3, -0.25) is 10.2 Å². The number of carbonyl (C=O) groups is 2. The number of alkyl halides is 3. The summed E-state index contributed by atoms with van der Waals surface area (Å²) in [7, 11) is -4.10. The molecule has 0 bridgehead atoms. The van der Waals surface area contributed by atoms with E-state index >= 15 is 0 Å². The van der Waals surface area contributed by atoms with Crippen molar-refractivity contribution in [3.63, 3.8) is 0 Å². The van der Waals surface area contributed by atoms with Gasteiger partial charge in [0, 0.05) is 11.3 Å². The van der Waals surface area contributed by atoms with E-state index in [1.165, 1.54) is 12.1 Å². The molecular weight excluding hydrogens is 605 g/mol. The first-order chi connectivity index (χ1) is 20.6. The molecule has 0 radical (unpaired) electrons. The fourth-order valence-corrected chi connectivity index (χ4v) is 5.54. The van der Waals surface area contributed by atoms with Crippen molar-refractivity contribution in [2.24, 2.45) is 5.73 Å². The van der Waals surface area contributed by atoms with E-state index in [9.17, 15) is 26.4 Å². The van der Waals surface area contributed by atoms with Crippen LogP contribution in [0.5, 0.6) is 11.5 Å². The van der Waals surface area contributed by atoms with Crippen LogP contribution in [0.3, 0.4) is 0 Å². The fraction of sp³-hybridized carbons (Fsp3) is 0.276. The maximum Gasteiger partial charge on any atom is 0.490 e. The number of nitrogen functional groups attached to an aromatic ring is 1. The zero-order valence-electron chi connectivity index (χ0n) is 23.9. The molecule has 4 N–H and O–H groups in total. The van der Waals surface area contributed by atoms with Gasteiger partial charge in [0.05, 0.1) is 17.6 Å². The van der Waals surface area contributed by atoms with Gasteiger partial charge in [-0.25, -0.2) is 17.5 Å². The predicted molar refractivity (Wildman–Crippen MR) is 155 cm³/mol. The number of nitrogens with one attached hydrogen (secondary N) is 1. The van der Waals surface area contributed by atoms with Gasteiger partial charge in [0.2, 0.25) is 0 Å². The topological polar surface area (TPSA) is 163 Å². The molecule has 1 amide bonds. The maximum absolute atomic E-state index is 13.8. The van der Waals surface area contributed by atoms with Crippen LogP contribution in [0.4, 0.5) is 18.9 Å². The minimum atomic E-state index is -5.08. The third kappa shape index (κ3) is 7.78. The van der Waals surface area contributed by atoms with Crippen molar-refractivity contribution in [1.82, 2.24) is 4.31 Å². The molecule has 3 aromatic carbocycles. The van der Waals surface area contributed by atoms with Gasteiger partial charge >= 0.3 is 12.1 Å². The van der Waals surface area contributed by atoms with E-state index in [1.54, 1.807) is 65.6 Å². The van der Waals surface area contributed by atoms with Crippen LogP contribution >= 0.6 is 0 Å². The van der Waals surface area contributed by atoms with Crippen LogP contribution < -0.4 is 20.1 Å². The number of anilines is 1. The maximum atomic E-state index is 13.8. The lowest BCUT2D eigenvalue weighted by atomic mass is 10.0. The number of ether oxygens (including phenoxy) is 2. The number of carboxylic acids is 1. The SMILES string of the molecule is CCOc1cc(C2C(=O)N(S(=O)(=O)c3ccccc3)CN2c2ccc(C(=N)N)cc2)ccc1OC(C)C.O=C(O)C(F)(F)F. The van der Waals surface area contributed by atoms with E-state index in [1.807, 2.05) is 20.8 Å². The van der Waals surface area contributed by atoms with Gasteiger partial charge < -0.3 is 25.2 Å². The van der Waals surface area contributed by atoms with Crippen LogP contribution in [-0.2, 0) is 19.6 Å². The molecule has 0 aliphatic carbocycles. The van der Waals surface area contributed by atoms with Gasteiger partial charge in [0.1, 0.15) is 18.5 Å². The Bertz CT molecular complexity index is 1600. The molecule has 0 saturated carbocycles. The molecule has 4 rings (SSSR count). The number of hydrogen-bond acceptors (Lipinski definition) is 8. The molecule has 3 aromatic rings. The monoisotopic (exact) mass is 636 g/mol. The fourth-order valence-electron chi connectivity index (χ4n) is 4.17. The lowest BCUT2D eigenvalue weighted by molar-refractivity contribution is -0.192. The number of hydrogen-bond donors (Lipinski definition) is 3. The van der Waals surface area contributed by atoms with Crippen LogP contribution in [0.2, 0.25) is 0 Å². The first-order valence-electron chi connectivity index (χ1n) is 13.1. The normalized spacial score (nSPS) is 15.1. The second-order valence-electron chi connectivity index (χ2n) is 9.59. The summed E-state index contributed by atoms with van der Waals surface area (Å²) >= 11 is 0. The Kier molecular flexibility index (Phi) is 10.5. The lowest BCUT2D eigenvalue weighted by Crippen LogP contribution is -2.34. The number of rotatable bonds is 9. The molecule has 1 unspecified atom stereocenters. The molecule has 1 atom stereocenters. The Balaban J connectivity index is 0.000000676. The van der Waals surface area contributed by atoms with Crippen molar-refractivity contribution >= 4 is 33.4 Å². The third-order valence-electron chi connectivity index (χ3n) is 6.10. The van der Waals surface area contributed by atoms with Crippen molar-refractivity contribution in [2.75, 3.05) is 18.2 Å². The number of sulfonamides is 1. The van der Waals surface area contributed by atoms with E-state index in [2.05, 4.69) is 0 Å².